The number of benzene rings is 2. The van der Waals surface area contributed by atoms with Crippen LogP contribution in [-0.4, -0.2) is 36.9 Å². The molecular weight excluding hydrogens is 352 g/mol. The lowest BCUT2D eigenvalue weighted by Crippen LogP contribution is -2.37. The number of carbonyl (C=O) groups excluding carboxylic acids is 2. The van der Waals surface area contributed by atoms with Crippen LogP contribution in [0.2, 0.25) is 0 Å². The fraction of sp³-hybridized carbons (Fsp3) is 0.391. The third-order valence-corrected chi connectivity index (χ3v) is 4.62. The molecule has 1 N–H and O–H groups in total. The van der Waals surface area contributed by atoms with Crippen LogP contribution in [-0.2, 0) is 16.0 Å². The summed E-state index contributed by atoms with van der Waals surface area (Å²) in [5.74, 6) is 0.552. The molecule has 0 aliphatic carbocycles. The van der Waals surface area contributed by atoms with E-state index in [-0.39, 0.29) is 25.0 Å². The van der Waals surface area contributed by atoms with E-state index in [1.165, 1.54) is 4.90 Å². The number of carbonyl (C=O) groups is 2. The van der Waals surface area contributed by atoms with Gasteiger partial charge in [-0.25, -0.2) is 0 Å². The summed E-state index contributed by atoms with van der Waals surface area (Å²) in [5, 5.41) is 2.88. The van der Waals surface area contributed by atoms with Gasteiger partial charge in [0.1, 0.15) is 5.75 Å². The fourth-order valence-corrected chi connectivity index (χ4v) is 2.94. The molecule has 0 aliphatic heterocycles. The zero-order valence-electron chi connectivity index (χ0n) is 17.4. The van der Waals surface area contributed by atoms with E-state index in [4.69, 9.17) is 4.74 Å². The maximum Gasteiger partial charge on any atom is 0.260 e. The maximum absolute atomic E-state index is 12.4. The average molecular weight is 383 g/mol. The Kier molecular flexibility index (Phi) is 7.61. The van der Waals surface area contributed by atoms with Crippen molar-refractivity contribution < 1.29 is 14.3 Å². The van der Waals surface area contributed by atoms with Crippen LogP contribution in [0.4, 0.5) is 5.69 Å². The highest BCUT2D eigenvalue weighted by atomic mass is 16.5. The lowest BCUT2D eigenvalue weighted by Gasteiger charge is -2.19. The first-order chi connectivity index (χ1) is 13.3. The molecule has 28 heavy (non-hydrogen) atoms. The van der Waals surface area contributed by atoms with E-state index in [0.29, 0.717) is 5.92 Å². The smallest absolute Gasteiger partial charge is 0.260 e. The van der Waals surface area contributed by atoms with Crippen molar-refractivity contribution in [1.82, 2.24) is 4.90 Å². The minimum Gasteiger partial charge on any atom is -0.483 e. The highest BCUT2D eigenvalue weighted by Crippen LogP contribution is 2.27. The molecule has 0 aliphatic rings. The molecule has 0 radical (unpaired) electrons. The molecular formula is C23H30N2O3. The second-order valence-electron chi connectivity index (χ2n) is 7.29. The van der Waals surface area contributed by atoms with E-state index in [1.807, 2.05) is 56.3 Å². The Balaban J connectivity index is 1.93. The summed E-state index contributed by atoms with van der Waals surface area (Å²) in [7, 11) is 1.61. The summed E-state index contributed by atoms with van der Waals surface area (Å²) < 4.78 is 5.78. The van der Waals surface area contributed by atoms with Gasteiger partial charge in [-0.05, 0) is 48.1 Å². The van der Waals surface area contributed by atoms with Crippen LogP contribution < -0.4 is 10.1 Å². The molecule has 150 valence electrons. The molecule has 0 fully saturated rings. The number of nitrogens with one attached hydrogen (secondary N) is 1. The Hall–Kier alpha value is -2.82. The van der Waals surface area contributed by atoms with Crippen molar-refractivity contribution in [3.63, 3.8) is 0 Å². The van der Waals surface area contributed by atoms with E-state index in [2.05, 4.69) is 19.2 Å². The van der Waals surface area contributed by atoms with Crippen molar-refractivity contribution >= 4 is 17.5 Å². The number of likely N-dealkylation sites (N-methyl/N-ethyl adjacent to an activating group) is 1. The Labute approximate surface area is 167 Å². The molecule has 0 heterocycles. The first-order valence-electron chi connectivity index (χ1n) is 9.66. The van der Waals surface area contributed by atoms with Crippen LogP contribution in [0.25, 0.3) is 0 Å². The zero-order chi connectivity index (χ0) is 20.7. The highest BCUT2D eigenvalue weighted by Gasteiger charge is 2.16. The third-order valence-electron chi connectivity index (χ3n) is 4.62. The normalized spacial score (nSPS) is 10.6. The van der Waals surface area contributed by atoms with Gasteiger partial charge in [0.25, 0.3) is 5.91 Å². The first kappa shape index (κ1) is 21.5. The molecule has 0 bridgehead atoms. The summed E-state index contributed by atoms with van der Waals surface area (Å²) in [5.41, 5.74) is 3.99. The molecule has 2 amide bonds. The number of nitrogens with zero attached hydrogens (tertiary/aromatic N) is 1. The second-order valence-corrected chi connectivity index (χ2v) is 7.29. The largest absolute Gasteiger partial charge is 0.483 e. The van der Waals surface area contributed by atoms with Crippen LogP contribution in [0, 0.1) is 6.92 Å². The minimum absolute atomic E-state index is 0.0227. The number of rotatable bonds is 8. The Morgan fingerprint density at radius 3 is 2.54 bits per heavy atom. The van der Waals surface area contributed by atoms with Crippen molar-refractivity contribution in [3.05, 3.63) is 59.2 Å². The van der Waals surface area contributed by atoms with E-state index >= 15 is 0 Å². The monoisotopic (exact) mass is 382 g/mol. The number of anilines is 1. The molecule has 0 atom stereocenters. The van der Waals surface area contributed by atoms with E-state index < -0.39 is 0 Å². The minimum atomic E-state index is -0.241. The number of para-hydroxylation sites is 1. The molecule has 2 aromatic carbocycles. The van der Waals surface area contributed by atoms with E-state index in [1.54, 1.807) is 7.05 Å². The van der Waals surface area contributed by atoms with Gasteiger partial charge in [-0.3, -0.25) is 9.59 Å². The van der Waals surface area contributed by atoms with Crippen molar-refractivity contribution in [2.45, 2.75) is 40.0 Å². The summed E-state index contributed by atoms with van der Waals surface area (Å²) >= 11 is 0. The van der Waals surface area contributed by atoms with Gasteiger partial charge in [0.2, 0.25) is 5.91 Å². The van der Waals surface area contributed by atoms with Crippen LogP contribution >= 0.6 is 0 Å². The summed E-state index contributed by atoms with van der Waals surface area (Å²) in [6.07, 6.45) is 0.827. The van der Waals surface area contributed by atoms with Gasteiger partial charge >= 0.3 is 0 Å². The molecule has 0 saturated carbocycles. The van der Waals surface area contributed by atoms with Crippen LogP contribution in [0.3, 0.4) is 0 Å². The molecule has 0 aromatic heterocycles. The van der Waals surface area contributed by atoms with Gasteiger partial charge in [0, 0.05) is 12.7 Å². The number of hydrogen-bond donors (Lipinski definition) is 1. The van der Waals surface area contributed by atoms with Gasteiger partial charge < -0.3 is 15.0 Å². The lowest BCUT2D eigenvalue weighted by molar-refractivity contribution is -0.135. The van der Waals surface area contributed by atoms with Gasteiger partial charge in [0.05, 0.1) is 6.54 Å². The topological polar surface area (TPSA) is 58.6 Å². The molecule has 5 heteroatoms. The lowest BCUT2D eigenvalue weighted by atomic mass is 10.0. The van der Waals surface area contributed by atoms with Gasteiger partial charge in [-0.15, -0.1) is 0 Å². The van der Waals surface area contributed by atoms with Gasteiger partial charge in [-0.1, -0.05) is 51.1 Å². The first-order valence-corrected chi connectivity index (χ1v) is 9.66. The number of ether oxygens (including phenoxy) is 1. The maximum atomic E-state index is 12.4. The molecule has 0 spiro atoms. The van der Waals surface area contributed by atoms with Crippen molar-refractivity contribution in [3.8, 4) is 5.75 Å². The molecule has 2 rings (SSSR count). The van der Waals surface area contributed by atoms with Gasteiger partial charge in [-0.2, -0.15) is 0 Å². The quantitative estimate of drug-likeness (QED) is 0.746. The Morgan fingerprint density at radius 2 is 1.86 bits per heavy atom. The van der Waals surface area contributed by atoms with Crippen molar-refractivity contribution in [2.24, 2.45) is 0 Å². The predicted octanol–water partition coefficient (Wildman–Crippen LogP) is 4.16. The number of hydrogen-bond acceptors (Lipinski definition) is 3. The van der Waals surface area contributed by atoms with Crippen LogP contribution in [0.15, 0.2) is 42.5 Å². The number of aryl methyl sites for hydroxylation is 2. The second kappa shape index (κ2) is 9.93. The van der Waals surface area contributed by atoms with Crippen molar-refractivity contribution in [1.29, 1.82) is 0 Å². The molecule has 0 saturated heterocycles. The fourth-order valence-electron chi connectivity index (χ4n) is 2.94. The highest BCUT2D eigenvalue weighted by molar-refractivity contribution is 5.95. The molecule has 2 aromatic rings. The average Bonchev–Trinajstić information content (AvgIpc) is 2.66. The van der Waals surface area contributed by atoms with Gasteiger partial charge in [0.15, 0.2) is 6.61 Å². The third kappa shape index (κ3) is 5.84. The summed E-state index contributed by atoms with van der Waals surface area (Å²) in [6.45, 7) is 8.08. The SMILES string of the molecule is CCc1ccccc1NC(=O)CN(C)C(=O)COc1cc(C)ccc1C(C)C. The standard InChI is InChI=1S/C23H30N2O3/c1-6-18-9-7-8-10-20(18)24-22(26)14-25(5)23(27)15-28-21-13-17(4)11-12-19(21)16(2)3/h7-13,16H,6,14-15H2,1-5H3,(H,24,26). The van der Waals surface area contributed by atoms with Crippen LogP contribution in [0.1, 0.15) is 43.4 Å². The predicted molar refractivity (Wildman–Crippen MR) is 113 cm³/mol. The number of amides is 2. The summed E-state index contributed by atoms with van der Waals surface area (Å²) in [6, 6.07) is 13.7. The zero-order valence-corrected chi connectivity index (χ0v) is 17.4. The van der Waals surface area contributed by atoms with Crippen molar-refractivity contribution in [2.75, 3.05) is 25.5 Å². The van der Waals surface area contributed by atoms with E-state index in [0.717, 1.165) is 34.5 Å². The Morgan fingerprint density at radius 1 is 1.14 bits per heavy atom. The van der Waals surface area contributed by atoms with Crippen LogP contribution in [0.5, 0.6) is 5.75 Å². The molecule has 5 nitrogen and oxygen atoms in total. The summed E-state index contributed by atoms with van der Waals surface area (Å²) in [4.78, 5) is 26.1. The van der Waals surface area contributed by atoms with E-state index in [9.17, 15) is 9.59 Å². The Bertz CT molecular complexity index is 830. The molecule has 0 unspecified atom stereocenters.